The number of nitrogens with zero attached hydrogens (tertiary/aromatic N) is 1. The van der Waals surface area contributed by atoms with E-state index in [4.69, 9.17) is 4.74 Å². The highest BCUT2D eigenvalue weighted by atomic mass is 32.2. The SMILES string of the molecule is CCOC(=O)[C@@H]1CCCN(CCSc2ccc(C)cc2)C1. The van der Waals surface area contributed by atoms with Crippen molar-refractivity contribution >= 4 is 17.7 Å². The topological polar surface area (TPSA) is 29.5 Å². The number of aryl methyl sites for hydroxylation is 1. The third-order valence-corrected chi connectivity index (χ3v) is 4.81. The average molecular weight is 307 g/mol. The molecule has 2 rings (SSSR count). The number of carbonyl (C=O) groups is 1. The van der Waals surface area contributed by atoms with E-state index in [0.717, 1.165) is 38.2 Å². The van der Waals surface area contributed by atoms with Crippen LogP contribution in [-0.2, 0) is 9.53 Å². The molecule has 1 atom stereocenters. The molecule has 1 heterocycles. The van der Waals surface area contributed by atoms with E-state index < -0.39 is 0 Å². The van der Waals surface area contributed by atoms with Crippen molar-refractivity contribution in [3.8, 4) is 0 Å². The normalized spacial score (nSPS) is 19.4. The molecule has 1 aromatic rings. The largest absolute Gasteiger partial charge is 0.466 e. The molecular weight excluding hydrogens is 282 g/mol. The second kappa shape index (κ2) is 8.44. The van der Waals surface area contributed by atoms with Crippen molar-refractivity contribution in [1.29, 1.82) is 0 Å². The fourth-order valence-corrected chi connectivity index (χ4v) is 3.55. The van der Waals surface area contributed by atoms with Gasteiger partial charge in [-0.2, -0.15) is 0 Å². The van der Waals surface area contributed by atoms with Crippen molar-refractivity contribution in [1.82, 2.24) is 4.90 Å². The lowest BCUT2D eigenvalue weighted by Crippen LogP contribution is -2.40. The fourth-order valence-electron chi connectivity index (χ4n) is 2.64. The lowest BCUT2D eigenvalue weighted by atomic mass is 9.98. The minimum atomic E-state index is -0.0200. The number of benzene rings is 1. The summed E-state index contributed by atoms with van der Waals surface area (Å²) in [5, 5.41) is 0. The van der Waals surface area contributed by atoms with Gasteiger partial charge in [-0.3, -0.25) is 4.79 Å². The summed E-state index contributed by atoms with van der Waals surface area (Å²) >= 11 is 1.88. The number of hydrogen-bond acceptors (Lipinski definition) is 4. The molecule has 1 aliphatic rings. The summed E-state index contributed by atoms with van der Waals surface area (Å²) in [7, 11) is 0. The number of thioether (sulfide) groups is 1. The summed E-state index contributed by atoms with van der Waals surface area (Å²) in [6.45, 7) is 7.46. The van der Waals surface area contributed by atoms with Crippen LogP contribution < -0.4 is 0 Å². The number of piperidine rings is 1. The van der Waals surface area contributed by atoms with Crippen molar-refractivity contribution in [3.05, 3.63) is 29.8 Å². The van der Waals surface area contributed by atoms with E-state index in [1.165, 1.54) is 10.5 Å². The zero-order chi connectivity index (χ0) is 15.1. The molecule has 21 heavy (non-hydrogen) atoms. The van der Waals surface area contributed by atoms with Crippen LogP contribution in [0.2, 0.25) is 0 Å². The van der Waals surface area contributed by atoms with Crippen LogP contribution in [0, 0.1) is 12.8 Å². The van der Waals surface area contributed by atoms with Crippen molar-refractivity contribution in [3.63, 3.8) is 0 Å². The van der Waals surface area contributed by atoms with Crippen molar-refractivity contribution in [2.75, 3.05) is 32.0 Å². The third-order valence-electron chi connectivity index (χ3n) is 3.82. The number of hydrogen-bond donors (Lipinski definition) is 0. The Morgan fingerprint density at radius 1 is 1.38 bits per heavy atom. The fraction of sp³-hybridized carbons (Fsp3) is 0.588. The summed E-state index contributed by atoms with van der Waals surface area (Å²) in [6.07, 6.45) is 2.07. The van der Waals surface area contributed by atoms with Gasteiger partial charge in [-0.05, 0) is 45.4 Å². The van der Waals surface area contributed by atoms with Crippen LogP contribution in [-0.4, -0.2) is 42.9 Å². The van der Waals surface area contributed by atoms with Gasteiger partial charge in [-0.15, -0.1) is 11.8 Å². The highest BCUT2D eigenvalue weighted by molar-refractivity contribution is 7.99. The van der Waals surface area contributed by atoms with Crippen LogP contribution in [0.3, 0.4) is 0 Å². The second-order valence-corrected chi connectivity index (χ2v) is 6.72. The summed E-state index contributed by atoms with van der Waals surface area (Å²) in [5.74, 6) is 1.12. The molecule has 1 aromatic carbocycles. The second-order valence-electron chi connectivity index (χ2n) is 5.55. The standard InChI is InChI=1S/C17H25NO2S/c1-3-20-17(19)15-5-4-10-18(13-15)11-12-21-16-8-6-14(2)7-9-16/h6-9,15H,3-5,10-13H2,1-2H3/t15-/m1/s1. The first-order valence-electron chi connectivity index (χ1n) is 7.77. The van der Waals surface area contributed by atoms with Crippen LogP contribution in [0.1, 0.15) is 25.3 Å². The summed E-state index contributed by atoms with van der Waals surface area (Å²) < 4.78 is 5.14. The first-order chi connectivity index (χ1) is 10.2. The van der Waals surface area contributed by atoms with Crippen LogP contribution >= 0.6 is 11.8 Å². The number of carbonyl (C=O) groups excluding carboxylic acids is 1. The van der Waals surface area contributed by atoms with E-state index >= 15 is 0 Å². The van der Waals surface area contributed by atoms with Crippen molar-refractivity contribution in [2.45, 2.75) is 31.6 Å². The quantitative estimate of drug-likeness (QED) is 0.595. The van der Waals surface area contributed by atoms with E-state index in [0.29, 0.717) is 6.61 Å². The molecule has 116 valence electrons. The Bertz CT molecular complexity index is 447. The summed E-state index contributed by atoms with van der Waals surface area (Å²) in [4.78, 5) is 15.5. The van der Waals surface area contributed by atoms with Gasteiger partial charge >= 0.3 is 5.97 Å². The van der Waals surface area contributed by atoms with Crippen LogP contribution in [0.4, 0.5) is 0 Å². The van der Waals surface area contributed by atoms with Gasteiger partial charge in [-0.1, -0.05) is 17.7 Å². The predicted molar refractivity (Wildman–Crippen MR) is 87.7 cm³/mol. The Morgan fingerprint density at radius 3 is 2.86 bits per heavy atom. The van der Waals surface area contributed by atoms with Gasteiger partial charge in [0.1, 0.15) is 0 Å². The Balaban J connectivity index is 1.72. The molecule has 0 N–H and O–H groups in total. The van der Waals surface area contributed by atoms with Gasteiger partial charge in [-0.25, -0.2) is 0 Å². The summed E-state index contributed by atoms with van der Waals surface area (Å²) in [6, 6.07) is 8.66. The van der Waals surface area contributed by atoms with E-state index in [9.17, 15) is 4.79 Å². The molecule has 1 fully saturated rings. The molecule has 1 saturated heterocycles. The molecule has 3 nitrogen and oxygen atoms in total. The predicted octanol–water partition coefficient (Wildman–Crippen LogP) is 3.36. The maximum atomic E-state index is 11.8. The van der Waals surface area contributed by atoms with Crippen LogP contribution in [0.25, 0.3) is 0 Å². The molecule has 0 bridgehead atoms. The Hall–Kier alpha value is -1.00. The minimum absolute atomic E-state index is 0.0200. The Labute approximate surface area is 132 Å². The molecule has 1 aliphatic heterocycles. The van der Waals surface area contributed by atoms with Crippen LogP contribution in [0.5, 0.6) is 0 Å². The van der Waals surface area contributed by atoms with E-state index in [1.807, 2.05) is 18.7 Å². The van der Waals surface area contributed by atoms with Crippen molar-refractivity contribution in [2.24, 2.45) is 5.92 Å². The zero-order valence-electron chi connectivity index (χ0n) is 13.0. The zero-order valence-corrected chi connectivity index (χ0v) is 13.8. The minimum Gasteiger partial charge on any atom is -0.466 e. The highest BCUT2D eigenvalue weighted by Crippen LogP contribution is 2.21. The monoisotopic (exact) mass is 307 g/mol. The molecule has 0 spiro atoms. The average Bonchev–Trinajstić information content (AvgIpc) is 2.50. The smallest absolute Gasteiger partial charge is 0.310 e. The molecule has 0 radical (unpaired) electrons. The molecule has 0 aromatic heterocycles. The first kappa shape index (κ1) is 16.4. The van der Waals surface area contributed by atoms with E-state index in [2.05, 4.69) is 36.1 Å². The lowest BCUT2D eigenvalue weighted by molar-refractivity contribution is -0.149. The maximum Gasteiger partial charge on any atom is 0.310 e. The molecular formula is C17H25NO2S. The van der Waals surface area contributed by atoms with Crippen LogP contribution in [0.15, 0.2) is 29.2 Å². The van der Waals surface area contributed by atoms with Gasteiger partial charge in [0.05, 0.1) is 12.5 Å². The third kappa shape index (κ3) is 5.36. The Kier molecular flexibility index (Phi) is 6.58. The van der Waals surface area contributed by atoms with Gasteiger partial charge in [0, 0.05) is 23.7 Å². The summed E-state index contributed by atoms with van der Waals surface area (Å²) in [5.41, 5.74) is 1.30. The van der Waals surface area contributed by atoms with Gasteiger partial charge in [0.2, 0.25) is 0 Å². The maximum absolute atomic E-state index is 11.8. The number of ether oxygens (including phenoxy) is 1. The molecule has 4 heteroatoms. The molecule has 0 saturated carbocycles. The van der Waals surface area contributed by atoms with Gasteiger partial charge < -0.3 is 9.64 Å². The van der Waals surface area contributed by atoms with Gasteiger partial charge in [0.15, 0.2) is 0 Å². The van der Waals surface area contributed by atoms with E-state index in [-0.39, 0.29) is 11.9 Å². The van der Waals surface area contributed by atoms with Crippen molar-refractivity contribution < 1.29 is 9.53 Å². The van der Waals surface area contributed by atoms with E-state index in [1.54, 1.807) is 0 Å². The number of esters is 1. The molecule has 0 unspecified atom stereocenters. The number of rotatable bonds is 6. The lowest BCUT2D eigenvalue weighted by Gasteiger charge is -2.31. The van der Waals surface area contributed by atoms with Gasteiger partial charge in [0.25, 0.3) is 0 Å². The first-order valence-corrected chi connectivity index (χ1v) is 8.76. The molecule has 0 aliphatic carbocycles. The molecule has 0 amide bonds. The number of likely N-dealkylation sites (tertiary alicyclic amines) is 1. The highest BCUT2D eigenvalue weighted by Gasteiger charge is 2.26. The Morgan fingerprint density at radius 2 is 2.14 bits per heavy atom.